The fourth-order valence-electron chi connectivity index (χ4n) is 5.91. The van der Waals surface area contributed by atoms with Crippen LogP contribution in [0.5, 0.6) is 6.01 Å². The lowest BCUT2D eigenvalue weighted by atomic mass is 9.87. The number of carbonyl (C=O) groups is 1. The minimum atomic E-state index is -0.796. The van der Waals surface area contributed by atoms with Gasteiger partial charge in [0, 0.05) is 32.8 Å². The predicted octanol–water partition coefficient (Wildman–Crippen LogP) is 6.04. The third-order valence-corrected chi connectivity index (χ3v) is 8.38. The van der Waals surface area contributed by atoms with E-state index in [4.69, 9.17) is 14.2 Å². The van der Waals surface area contributed by atoms with Crippen LogP contribution in [-0.4, -0.2) is 71.6 Å². The molecule has 0 atom stereocenters. The SMILES string of the molecule is COCCOC1CN(Cc2ccc(-c3ccc(-c4c(F)cc5[nH]c(O[C@H]6CC[C@H](C(=O)O)CC6)nc5c4F)cc3)cc2)C1. The Labute approximate surface area is 248 Å². The first kappa shape index (κ1) is 29.2. The van der Waals surface area contributed by atoms with Crippen LogP contribution in [0.25, 0.3) is 33.3 Å². The Balaban J connectivity index is 1.10. The van der Waals surface area contributed by atoms with E-state index in [-0.39, 0.29) is 40.7 Å². The average molecular weight is 592 g/mol. The zero-order valence-corrected chi connectivity index (χ0v) is 24.0. The lowest BCUT2D eigenvalue weighted by Crippen LogP contribution is -2.51. The maximum absolute atomic E-state index is 15.6. The Kier molecular flexibility index (Phi) is 8.69. The summed E-state index contributed by atoms with van der Waals surface area (Å²) in [4.78, 5) is 20.7. The molecule has 2 heterocycles. The number of aromatic amines is 1. The van der Waals surface area contributed by atoms with Gasteiger partial charge in [-0.15, -0.1) is 0 Å². The lowest BCUT2D eigenvalue weighted by molar-refractivity contribution is -0.143. The van der Waals surface area contributed by atoms with Gasteiger partial charge in [-0.3, -0.25) is 9.69 Å². The molecule has 10 heteroatoms. The quantitative estimate of drug-likeness (QED) is 0.205. The van der Waals surface area contributed by atoms with Crippen LogP contribution in [0.2, 0.25) is 0 Å². The molecular weight excluding hydrogens is 556 g/mol. The van der Waals surface area contributed by atoms with E-state index in [0.29, 0.717) is 44.5 Å². The van der Waals surface area contributed by atoms with Gasteiger partial charge in [0.2, 0.25) is 0 Å². The van der Waals surface area contributed by atoms with Gasteiger partial charge in [0.15, 0.2) is 5.82 Å². The first-order valence-electron chi connectivity index (χ1n) is 14.7. The van der Waals surface area contributed by atoms with E-state index in [9.17, 15) is 9.90 Å². The van der Waals surface area contributed by atoms with Gasteiger partial charge < -0.3 is 24.3 Å². The highest BCUT2D eigenvalue weighted by Gasteiger charge is 2.29. The maximum atomic E-state index is 15.6. The molecule has 0 radical (unpaired) electrons. The van der Waals surface area contributed by atoms with E-state index in [1.54, 1.807) is 19.2 Å². The Hall–Kier alpha value is -3.86. The van der Waals surface area contributed by atoms with Crippen LogP contribution in [0.4, 0.5) is 8.78 Å². The van der Waals surface area contributed by atoms with Crippen molar-refractivity contribution in [3.05, 3.63) is 71.8 Å². The van der Waals surface area contributed by atoms with E-state index in [1.165, 1.54) is 11.6 Å². The minimum Gasteiger partial charge on any atom is -0.481 e. The summed E-state index contributed by atoms with van der Waals surface area (Å²) in [6, 6.07) is 16.8. The van der Waals surface area contributed by atoms with Crippen LogP contribution in [-0.2, 0) is 20.8 Å². The fraction of sp³-hybridized carbons (Fsp3) is 0.394. The first-order chi connectivity index (χ1) is 20.9. The molecule has 1 aromatic heterocycles. The van der Waals surface area contributed by atoms with Crippen molar-refractivity contribution in [3.63, 3.8) is 0 Å². The van der Waals surface area contributed by atoms with Gasteiger partial charge in [0.1, 0.15) is 17.4 Å². The van der Waals surface area contributed by atoms with Crippen molar-refractivity contribution >= 4 is 17.0 Å². The molecule has 0 unspecified atom stereocenters. The van der Waals surface area contributed by atoms with Crippen molar-refractivity contribution in [3.8, 4) is 28.3 Å². The molecule has 2 fully saturated rings. The number of likely N-dealkylation sites (tertiary alicyclic amines) is 1. The molecule has 2 N–H and O–H groups in total. The molecule has 0 amide bonds. The van der Waals surface area contributed by atoms with Gasteiger partial charge in [-0.05, 0) is 47.9 Å². The Morgan fingerprint density at radius 1 is 0.953 bits per heavy atom. The largest absolute Gasteiger partial charge is 0.481 e. The van der Waals surface area contributed by atoms with E-state index >= 15 is 8.78 Å². The topological polar surface area (TPSA) is 96.9 Å². The highest BCUT2D eigenvalue weighted by Crippen LogP contribution is 2.34. The number of ether oxygens (including phenoxy) is 3. The number of nitrogens with one attached hydrogen (secondary N) is 1. The molecule has 1 saturated heterocycles. The third kappa shape index (κ3) is 6.56. The smallest absolute Gasteiger partial charge is 0.306 e. The van der Waals surface area contributed by atoms with Crippen molar-refractivity contribution in [2.24, 2.45) is 5.92 Å². The highest BCUT2D eigenvalue weighted by atomic mass is 19.1. The Morgan fingerprint density at radius 3 is 2.26 bits per heavy atom. The number of nitrogens with zero attached hydrogens (tertiary/aromatic N) is 2. The number of H-pyrrole nitrogens is 1. The number of methoxy groups -OCH3 is 1. The number of aliphatic carboxylic acids is 1. The number of halogens is 2. The number of fused-ring (bicyclic) bond motifs is 1. The second-order valence-electron chi connectivity index (χ2n) is 11.4. The van der Waals surface area contributed by atoms with Crippen molar-refractivity contribution in [2.75, 3.05) is 33.4 Å². The third-order valence-electron chi connectivity index (χ3n) is 8.38. The van der Waals surface area contributed by atoms with E-state index in [0.717, 1.165) is 30.8 Å². The molecule has 1 saturated carbocycles. The van der Waals surface area contributed by atoms with Crippen molar-refractivity contribution in [2.45, 2.75) is 44.4 Å². The Bertz CT molecular complexity index is 1560. The molecule has 2 aliphatic rings. The number of rotatable bonds is 11. The second kappa shape index (κ2) is 12.8. The maximum Gasteiger partial charge on any atom is 0.306 e. The lowest BCUT2D eigenvalue weighted by Gasteiger charge is -2.38. The van der Waals surface area contributed by atoms with Crippen LogP contribution in [0.15, 0.2) is 54.6 Å². The van der Waals surface area contributed by atoms with Crippen molar-refractivity contribution in [1.82, 2.24) is 14.9 Å². The standard InChI is InChI=1S/C33H35F2N3O5/c1-41-14-15-42-26-18-38(19-26)17-20-2-4-21(5-3-20)22-6-8-23(9-7-22)29-27(34)16-28-31(30(29)35)37-33(36-28)43-25-12-10-24(11-13-25)32(39)40/h2-9,16,24-26H,10-15,17-19H2,1H3,(H,36,37)(H,39,40)/t24-,25-. The van der Waals surface area contributed by atoms with E-state index < -0.39 is 17.6 Å². The second-order valence-corrected chi connectivity index (χ2v) is 11.4. The average Bonchev–Trinajstić information content (AvgIpc) is 3.39. The number of aromatic nitrogens is 2. The van der Waals surface area contributed by atoms with Crippen LogP contribution in [0.1, 0.15) is 31.2 Å². The molecule has 0 bridgehead atoms. The Morgan fingerprint density at radius 2 is 1.60 bits per heavy atom. The molecule has 6 rings (SSSR count). The summed E-state index contributed by atoms with van der Waals surface area (Å²) in [5.74, 6) is -2.62. The van der Waals surface area contributed by atoms with Crippen LogP contribution in [0.3, 0.4) is 0 Å². The molecule has 1 aliphatic heterocycles. The summed E-state index contributed by atoms with van der Waals surface area (Å²) in [5.41, 5.74) is 3.65. The number of benzene rings is 3. The molecule has 43 heavy (non-hydrogen) atoms. The summed E-state index contributed by atoms with van der Waals surface area (Å²) in [6.45, 7) is 3.91. The number of carboxylic acids is 1. The van der Waals surface area contributed by atoms with E-state index in [1.807, 2.05) is 12.1 Å². The van der Waals surface area contributed by atoms with E-state index in [2.05, 4.69) is 39.1 Å². The molecule has 8 nitrogen and oxygen atoms in total. The molecular formula is C33H35F2N3O5. The first-order valence-corrected chi connectivity index (χ1v) is 14.7. The summed E-state index contributed by atoms with van der Waals surface area (Å²) in [6.07, 6.45) is 2.20. The van der Waals surface area contributed by atoms with Crippen molar-refractivity contribution < 1.29 is 32.9 Å². The van der Waals surface area contributed by atoms with Gasteiger partial charge >= 0.3 is 5.97 Å². The fourth-order valence-corrected chi connectivity index (χ4v) is 5.91. The van der Waals surface area contributed by atoms with Crippen LogP contribution in [0, 0.1) is 17.6 Å². The minimum absolute atomic E-state index is 0.000323. The molecule has 0 spiro atoms. The summed E-state index contributed by atoms with van der Waals surface area (Å²) < 4.78 is 47.4. The summed E-state index contributed by atoms with van der Waals surface area (Å²) in [5, 5.41) is 9.19. The van der Waals surface area contributed by atoms with Gasteiger partial charge in [-0.25, -0.2) is 8.78 Å². The number of carboxylic acid groups (broad SMARTS) is 1. The number of hydrogen-bond acceptors (Lipinski definition) is 6. The molecule has 3 aromatic carbocycles. The zero-order chi connectivity index (χ0) is 29.9. The zero-order valence-electron chi connectivity index (χ0n) is 24.0. The van der Waals surface area contributed by atoms with Gasteiger partial charge in [-0.1, -0.05) is 48.5 Å². The van der Waals surface area contributed by atoms with Crippen LogP contribution < -0.4 is 4.74 Å². The monoisotopic (exact) mass is 591 g/mol. The molecule has 4 aromatic rings. The normalized spacial score (nSPS) is 19.4. The van der Waals surface area contributed by atoms with Gasteiger partial charge in [-0.2, -0.15) is 4.98 Å². The molecule has 1 aliphatic carbocycles. The number of hydrogen-bond donors (Lipinski definition) is 2. The van der Waals surface area contributed by atoms with Crippen LogP contribution >= 0.6 is 0 Å². The highest BCUT2D eigenvalue weighted by molar-refractivity contribution is 5.84. The van der Waals surface area contributed by atoms with Crippen molar-refractivity contribution in [1.29, 1.82) is 0 Å². The number of imidazole rings is 1. The molecule has 226 valence electrons. The van der Waals surface area contributed by atoms with Gasteiger partial charge in [0.05, 0.1) is 36.3 Å². The van der Waals surface area contributed by atoms with Gasteiger partial charge in [0.25, 0.3) is 6.01 Å². The summed E-state index contributed by atoms with van der Waals surface area (Å²) in [7, 11) is 1.67. The summed E-state index contributed by atoms with van der Waals surface area (Å²) >= 11 is 0. The predicted molar refractivity (Wildman–Crippen MR) is 158 cm³/mol.